The highest BCUT2D eigenvalue weighted by Crippen LogP contribution is 2.23. The van der Waals surface area contributed by atoms with Crippen LogP contribution >= 0.6 is 0 Å². The van der Waals surface area contributed by atoms with E-state index in [0.29, 0.717) is 23.7 Å². The summed E-state index contributed by atoms with van der Waals surface area (Å²) in [7, 11) is -4.06. The van der Waals surface area contributed by atoms with Crippen molar-refractivity contribution >= 4 is 22.0 Å². The summed E-state index contributed by atoms with van der Waals surface area (Å²) in [6.07, 6.45) is 7.05. The van der Waals surface area contributed by atoms with Gasteiger partial charge in [0.2, 0.25) is 9.84 Å². The van der Waals surface area contributed by atoms with E-state index < -0.39 is 26.4 Å². The molecule has 1 atom stereocenters. The van der Waals surface area contributed by atoms with Crippen LogP contribution in [-0.4, -0.2) is 38.2 Å². The van der Waals surface area contributed by atoms with Gasteiger partial charge >= 0.3 is 0 Å². The molecule has 1 N–H and O–H groups in total. The fourth-order valence-corrected chi connectivity index (χ4v) is 4.47. The molecule has 154 valence electrons. The molecule has 2 heterocycles. The minimum atomic E-state index is -4.06. The molecular formula is C21H17F2N3O3S. The van der Waals surface area contributed by atoms with E-state index in [2.05, 4.69) is 10.3 Å². The van der Waals surface area contributed by atoms with E-state index in [1.807, 2.05) is 11.0 Å². The number of carbonyl (C=O) groups is 1. The first kappa shape index (κ1) is 20.0. The lowest BCUT2D eigenvalue weighted by Gasteiger charge is -2.22. The van der Waals surface area contributed by atoms with Gasteiger partial charge in [0.15, 0.2) is 0 Å². The molecule has 0 bridgehead atoms. The van der Waals surface area contributed by atoms with Crippen molar-refractivity contribution in [3.8, 4) is 0 Å². The Labute approximate surface area is 172 Å². The Morgan fingerprint density at radius 2 is 1.80 bits per heavy atom. The van der Waals surface area contributed by atoms with Crippen molar-refractivity contribution in [3.63, 3.8) is 0 Å². The van der Waals surface area contributed by atoms with Crippen LogP contribution in [0.2, 0.25) is 0 Å². The second-order valence-corrected chi connectivity index (χ2v) is 8.77. The van der Waals surface area contributed by atoms with Gasteiger partial charge < -0.3 is 10.2 Å². The molecule has 0 aromatic heterocycles. The zero-order valence-corrected chi connectivity index (χ0v) is 16.4. The molecule has 2 aliphatic heterocycles. The molecule has 1 amide bonds. The van der Waals surface area contributed by atoms with Gasteiger partial charge in [0.25, 0.3) is 5.91 Å². The van der Waals surface area contributed by atoms with E-state index in [4.69, 9.17) is 0 Å². The number of carbonyl (C=O) groups excluding carboxylic acids is 1. The van der Waals surface area contributed by atoms with Gasteiger partial charge in [-0.25, -0.2) is 17.2 Å². The number of benzene rings is 2. The van der Waals surface area contributed by atoms with E-state index in [9.17, 15) is 22.0 Å². The molecule has 0 radical (unpaired) electrons. The SMILES string of the molecule is O=C(NCc1ccc(S(=O)(=O)c2cc(F)cc(F)c2)cc1)C1=CN2CC=NC2C=C1. The molecule has 2 aromatic carbocycles. The van der Waals surface area contributed by atoms with Crippen LogP contribution in [0, 0.1) is 11.6 Å². The molecule has 30 heavy (non-hydrogen) atoms. The minimum Gasteiger partial charge on any atom is -0.348 e. The van der Waals surface area contributed by atoms with Crippen LogP contribution < -0.4 is 5.32 Å². The van der Waals surface area contributed by atoms with Crippen molar-refractivity contribution in [1.29, 1.82) is 0 Å². The summed E-state index contributed by atoms with van der Waals surface area (Å²) in [4.78, 5) is 18.0. The van der Waals surface area contributed by atoms with Crippen molar-refractivity contribution in [2.75, 3.05) is 6.54 Å². The molecule has 0 aliphatic carbocycles. The third kappa shape index (κ3) is 4.02. The zero-order chi connectivity index (χ0) is 21.3. The van der Waals surface area contributed by atoms with Gasteiger partial charge in [-0.1, -0.05) is 12.1 Å². The third-order valence-electron chi connectivity index (χ3n) is 4.74. The molecule has 9 heteroatoms. The van der Waals surface area contributed by atoms with Crippen molar-refractivity contribution in [3.05, 3.63) is 83.6 Å². The highest BCUT2D eigenvalue weighted by molar-refractivity contribution is 7.91. The molecule has 6 nitrogen and oxygen atoms in total. The monoisotopic (exact) mass is 429 g/mol. The van der Waals surface area contributed by atoms with Gasteiger partial charge in [-0.3, -0.25) is 9.79 Å². The first-order valence-electron chi connectivity index (χ1n) is 9.09. The molecule has 0 saturated carbocycles. The highest BCUT2D eigenvalue weighted by Gasteiger charge is 2.22. The summed E-state index contributed by atoms with van der Waals surface area (Å²) in [6.45, 7) is 0.843. The smallest absolute Gasteiger partial charge is 0.253 e. The zero-order valence-electron chi connectivity index (χ0n) is 15.6. The van der Waals surface area contributed by atoms with Gasteiger partial charge in [-0.15, -0.1) is 0 Å². The first-order chi connectivity index (χ1) is 14.3. The summed E-state index contributed by atoms with van der Waals surface area (Å²) in [5, 5.41) is 2.78. The number of hydrogen-bond acceptors (Lipinski definition) is 5. The minimum absolute atomic E-state index is 0.0531. The summed E-state index contributed by atoms with van der Waals surface area (Å²) in [6, 6.07) is 7.91. The van der Waals surface area contributed by atoms with E-state index in [1.54, 1.807) is 18.5 Å². The van der Waals surface area contributed by atoms with E-state index in [-0.39, 0.29) is 23.5 Å². The lowest BCUT2D eigenvalue weighted by atomic mass is 10.1. The number of hydrogen-bond donors (Lipinski definition) is 1. The Bertz CT molecular complexity index is 1170. The average Bonchev–Trinajstić information content (AvgIpc) is 3.19. The normalized spacial score (nSPS) is 17.6. The van der Waals surface area contributed by atoms with Gasteiger partial charge in [0, 0.05) is 25.0 Å². The first-order valence-corrected chi connectivity index (χ1v) is 10.6. The number of nitrogens with zero attached hydrogens (tertiary/aromatic N) is 2. The highest BCUT2D eigenvalue weighted by atomic mass is 32.2. The predicted molar refractivity (Wildman–Crippen MR) is 106 cm³/mol. The van der Waals surface area contributed by atoms with Crippen molar-refractivity contribution < 1.29 is 22.0 Å². The van der Waals surface area contributed by atoms with Crippen LogP contribution in [0.25, 0.3) is 0 Å². The largest absolute Gasteiger partial charge is 0.348 e. The molecule has 1 unspecified atom stereocenters. The summed E-state index contributed by atoms with van der Waals surface area (Å²) in [5.74, 6) is -2.19. The second kappa shape index (κ2) is 7.83. The number of halogens is 2. The van der Waals surface area contributed by atoms with Crippen LogP contribution in [0.15, 0.2) is 81.2 Å². The molecular weight excluding hydrogens is 412 g/mol. The number of rotatable bonds is 5. The lowest BCUT2D eigenvalue weighted by molar-refractivity contribution is -0.117. The van der Waals surface area contributed by atoms with E-state index >= 15 is 0 Å². The number of nitrogens with one attached hydrogen (secondary N) is 1. The van der Waals surface area contributed by atoms with E-state index in [0.717, 1.165) is 12.1 Å². The van der Waals surface area contributed by atoms with Crippen LogP contribution in [0.3, 0.4) is 0 Å². The van der Waals surface area contributed by atoms with Crippen molar-refractivity contribution in [2.45, 2.75) is 22.5 Å². The summed E-state index contributed by atoms with van der Waals surface area (Å²) >= 11 is 0. The predicted octanol–water partition coefficient (Wildman–Crippen LogP) is 2.58. The van der Waals surface area contributed by atoms with Gasteiger partial charge in [0.1, 0.15) is 17.8 Å². The van der Waals surface area contributed by atoms with Gasteiger partial charge in [0.05, 0.1) is 21.9 Å². The molecule has 2 aromatic rings. The maximum Gasteiger partial charge on any atom is 0.253 e. The average molecular weight is 429 g/mol. The Morgan fingerprint density at radius 3 is 2.50 bits per heavy atom. The maximum absolute atomic E-state index is 13.4. The van der Waals surface area contributed by atoms with Crippen LogP contribution in [0.1, 0.15) is 5.56 Å². The van der Waals surface area contributed by atoms with Crippen molar-refractivity contribution in [1.82, 2.24) is 10.2 Å². The van der Waals surface area contributed by atoms with Crippen LogP contribution in [0.4, 0.5) is 8.78 Å². The van der Waals surface area contributed by atoms with Gasteiger partial charge in [-0.05, 0) is 42.0 Å². The topological polar surface area (TPSA) is 78.8 Å². The van der Waals surface area contributed by atoms with Crippen molar-refractivity contribution in [2.24, 2.45) is 4.99 Å². The summed E-state index contributed by atoms with van der Waals surface area (Å²) in [5.41, 5.74) is 1.18. The van der Waals surface area contributed by atoms with E-state index in [1.165, 1.54) is 24.3 Å². The number of amides is 1. The maximum atomic E-state index is 13.4. The Hall–Kier alpha value is -3.33. The second-order valence-electron chi connectivity index (χ2n) is 6.82. The van der Waals surface area contributed by atoms with Gasteiger partial charge in [-0.2, -0.15) is 0 Å². The molecule has 2 aliphatic rings. The summed E-state index contributed by atoms with van der Waals surface area (Å²) < 4.78 is 51.9. The Balaban J connectivity index is 1.43. The number of fused-ring (bicyclic) bond motifs is 1. The van der Waals surface area contributed by atoms with Crippen LogP contribution in [0.5, 0.6) is 0 Å². The number of aliphatic imine (C=N–C) groups is 1. The molecule has 4 rings (SSSR count). The molecule has 0 spiro atoms. The quantitative estimate of drug-likeness (QED) is 0.793. The molecule has 0 fully saturated rings. The number of sulfone groups is 1. The standard InChI is InChI=1S/C21H17F2N3O3S/c22-16-9-17(23)11-19(10-16)30(28,29)18-4-1-14(2-5-18)12-25-21(27)15-3-6-20-24-7-8-26(20)13-15/h1-7,9-11,13,20H,8,12H2,(H,25,27). The fourth-order valence-electron chi connectivity index (χ4n) is 3.17. The lowest BCUT2D eigenvalue weighted by Crippen LogP contribution is -2.31. The Kier molecular flexibility index (Phi) is 5.21. The Morgan fingerprint density at radius 1 is 1.10 bits per heavy atom. The molecule has 0 saturated heterocycles. The fraction of sp³-hybridized carbons (Fsp3) is 0.143. The third-order valence-corrected chi connectivity index (χ3v) is 6.49. The van der Waals surface area contributed by atoms with Crippen LogP contribution in [-0.2, 0) is 21.2 Å².